The molecule has 0 saturated heterocycles. The van der Waals surface area contributed by atoms with Crippen LogP contribution >= 0.6 is 11.6 Å². The second-order valence-electron chi connectivity index (χ2n) is 5.56. The molecule has 132 valence electrons. The molecule has 0 spiro atoms. The van der Waals surface area contributed by atoms with Crippen molar-refractivity contribution in [1.29, 1.82) is 0 Å². The molecule has 0 atom stereocenters. The molecule has 3 heterocycles. The first kappa shape index (κ1) is 16.6. The predicted octanol–water partition coefficient (Wildman–Crippen LogP) is 5.02. The number of aromatic nitrogens is 4. The SMILES string of the molecule is Cc1nn2c(C(F)(F)F)ccnc2c1C=Cc1nc2cc(Cl)ccc2o1. The zero-order valence-corrected chi connectivity index (χ0v) is 14.0. The van der Waals surface area contributed by atoms with Gasteiger partial charge in [-0.15, -0.1) is 0 Å². The summed E-state index contributed by atoms with van der Waals surface area (Å²) in [6.45, 7) is 1.61. The Morgan fingerprint density at radius 3 is 2.77 bits per heavy atom. The average molecular weight is 379 g/mol. The first-order valence-corrected chi connectivity index (χ1v) is 7.86. The second kappa shape index (κ2) is 5.84. The molecule has 0 aliphatic carbocycles. The Bertz CT molecular complexity index is 1160. The van der Waals surface area contributed by atoms with Crippen molar-refractivity contribution in [2.24, 2.45) is 0 Å². The highest BCUT2D eigenvalue weighted by atomic mass is 35.5. The highest BCUT2D eigenvalue weighted by Crippen LogP contribution is 2.30. The van der Waals surface area contributed by atoms with Crippen LogP contribution < -0.4 is 0 Å². The Morgan fingerprint density at radius 2 is 2.00 bits per heavy atom. The lowest BCUT2D eigenvalue weighted by Gasteiger charge is -2.07. The van der Waals surface area contributed by atoms with Crippen molar-refractivity contribution in [2.45, 2.75) is 13.1 Å². The van der Waals surface area contributed by atoms with Gasteiger partial charge in [0.1, 0.15) is 11.2 Å². The van der Waals surface area contributed by atoms with Crippen LogP contribution in [0.1, 0.15) is 22.8 Å². The van der Waals surface area contributed by atoms with Gasteiger partial charge >= 0.3 is 6.18 Å². The third kappa shape index (κ3) is 2.82. The molecular weight excluding hydrogens is 369 g/mol. The van der Waals surface area contributed by atoms with Gasteiger partial charge in [-0.2, -0.15) is 18.3 Å². The normalized spacial score (nSPS) is 12.7. The summed E-state index contributed by atoms with van der Waals surface area (Å²) in [6.07, 6.45) is -0.282. The first-order chi connectivity index (χ1) is 12.3. The number of fused-ring (bicyclic) bond motifs is 2. The summed E-state index contributed by atoms with van der Waals surface area (Å²) >= 11 is 5.91. The van der Waals surface area contributed by atoms with Gasteiger partial charge in [0, 0.05) is 22.9 Å². The molecule has 0 fully saturated rings. The van der Waals surface area contributed by atoms with Gasteiger partial charge in [-0.05, 0) is 37.3 Å². The zero-order valence-electron chi connectivity index (χ0n) is 13.3. The van der Waals surface area contributed by atoms with Gasteiger partial charge in [-0.3, -0.25) is 0 Å². The van der Waals surface area contributed by atoms with Crippen LogP contribution in [0.5, 0.6) is 0 Å². The van der Waals surface area contributed by atoms with Crippen molar-refractivity contribution in [3.8, 4) is 0 Å². The molecule has 4 rings (SSSR count). The van der Waals surface area contributed by atoms with E-state index in [2.05, 4.69) is 15.1 Å². The third-order valence-corrected chi connectivity index (χ3v) is 4.02. The largest absolute Gasteiger partial charge is 0.437 e. The fraction of sp³-hybridized carbons (Fsp3) is 0.118. The summed E-state index contributed by atoms with van der Waals surface area (Å²) in [4.78, 5) is 8.30. The Kier molecular flexibility index (Phi) is 3.73. The molecule has 5 nitrogen and oxygen atoms in total. The smallest absolute Gasteiger partial charge is 0.433 e. The number of aryl methyl sites for hydroxylation is 1. The summed E-state index contributed by atoms with van der Waals surface area (Å²) in [5, 5.41) is 4.49. The van der Waals surface area contributed by atoms with E-state index in [9.17, 15) is 13.2 Å². The van der Waals surface area contributed by atoms with Gasteiger partial charge in [-0.25, -0.2) is 14.5 Å². The minimum atomic E-state index is -4.53. The highest BCUT2D eigenvalue weighted by Gasteiger charge is 2.34. The number of nitrogens with zero attached hydrogens (tertiary/aromatic N) is 4. The minimum absolute atomic E-state index is 0.104. The molecule has 0 aliphatic rings. The predicted molar refractivity (Wildman–Crippen MR) is 90.7 cm³/mol. The van der Waals surface area contributed by atoms with E-state index >= 15 is 0 Å². The molecule has 0 radical (unpaired) electrons. The molecule has 0 N–H and O–H groups in total. The Hall–Kier alpha value is -2.87. The maximum atomic E-state index is 13.1. The van der Waals surface area contributed by atoms with Gasteiger partial charge in [0.05, 0.1) is 5.69 Å². The van der Waals surface area contributed by atoms with Crippen molar-refractivity contribution in [3.05, 3.63) is 58.3 Å². The summed E-state index contributed by atoms with van der Waals surface area (Å²) in [7, 11) is 0. The van der Waals surface area contributed by atoms with Crippen molar-refractivity contribution >= 4 is 40.5 Å². The monoisotopic (exact) mass is 378 g/mol. The topological polar surface area (TPSA) is 56.2 Å². The maximum Gasteiger partial charge on any atom is 0.433 e. The lowest BCUT2D eigenvalue weighted by atomic mass is 10.2. The fourth-order valence-corrected chi connectivity index (χ4v) is 2.79. The van der Waals surface area contributed by atoms with Gasteiger partial charge in [0.25, 0.3) is 0 Å². The van der Waals surface area contributed by atoms with Crippen LogP contribution in [0.4, 0.5) is 13.2 Å². The molecule has 4 aromatic rings. The second-order valence-corrected chi connectivity index (χ2v) is 6.00. The Morgan fingerprint density at radius 1 is 1.19 bits per heavy atom. The van der Waals surface area contributed by atoms with Crippen molar-refractivity contribution in [3.63, 3.8) is 0 Å². The molecule has 1 aromatic carbocycles. The molecule has 0 saturated carbocycles. The van der Waals surface area contributed by atoms with Crippen molar-refractivity contribution < 1.29 is 17.6 Å². The van der Waals surface area contributed by atoms with Gasteiger partial charge < -0.3 is 4.42 Å². The summed E-state index contributed by atoms with van der Waals surface area (Å²) in [5.41, 5.74) is 1.23. The molecule has 0 aliphatic heterocycles. The lowest BCUT2D eigenvalue weighted by molar-refractivity contribution is -0.142. The number of hydrogen-bond acceptors (Lipinski definition) is 4. The van der Waals surface area contributed by atoms with Crippen LogP contribution in [0, 0.1) is 6.92 Å². The van der Waals surface area contributed by atoms with Gasteiger partial charge in [-0.1, -0.05) is 11.6 Å². The molecule has 26 heavy (non-hydrogen) atoms. The Balaban J connectivity index is 1.79. The van der Waals surface area contributed by atoms with Crippen LogP contribution in [-0.2, 0) is 6.18 Å². The molecule has 0 unspecified atom stereocenters. The minimum Gasteiger partial charge on any atom is -0.437 e. The van der Waals surface area contributed by atoms with Crippen molar-refractivity contribution in [2.75, 3.05) is 0 Å². The number of oxazole rings is 1. The summed E-state index contributed by atoms with van der Waals surface area (Å²) in [5.74, 6) is 0.299. The van der Waals surface area contributed by atoms with E-state index in [0.717, 1.165) is 16.8 Å². The number of hydrogen-bond donors (Lipinski definition) is 0. The van der Waals surface area contributed by atoms with Crippen LogP contribution in [0.3, 0.4) is 0 Å². The van der Waals surface area contributed by atoms with Gasteiger partial charge in [0.15, 0.2) is 11.2 Å². The summed E-state index contributed by atoms with van der Waals surface area (Å²) < 4.78 is 45.7. The summed E-state index contributed by atoms with van der Waals surface area (Å²) in [6, 6.07) is 5.92. The van der Waals surface area contributed by atoms with E-state index in [1.807, 2.05) is 0 Å². The van der Waals surface area contributed by atoms with Gasteiger partial charge in [0.2, 0.25) is 5.89 Å². The first-order valence-electron chi connectivity index (χ1n) is 7.48. The van der Waals surface area contributed by atoms with E-state index in [0.29, 0.717) is 33.3 Å². The quantitative estimate of drug-likeness (QED) is 0.491. The lowest BCUT2D eigenvalue weighted by Crippen LogP contribution is -2.12. The van der Waals surface area contributed by atoms with Crippen LogP contribution in [0.25, 0.3) is 28.9 Å². The van der Waals surface area contributed by atoms with Crippen LogP contribution in [0.15, 0.2) is 34.9 Å². The number of benzene rings is 1. The van der Waals surface area contributed by atoms with E-state index in [4.69, 9.17) is 16.0 Å². The van der Waals surface area contributed by atoms with Crippen LogP contribution in [-0.4, -0.2) is 19.6 Å². The molecule has 3 aromatic heterocycles. The maximum absolute atomic E-state index is 13.1. The zero-order chi connectivity index (χ0) is 18.5. The van der Waals surface area contributed by atoms with E-state index < -0.39 is 11.9 Å². The third-order valence-electron chi connectivity index (χ3n) is 3.79. The fourth-order valence-electron chi connectivity index (χ4n) is 2.62. The average Bonchev–Trinajstić information content (AvgIpc) is 3.10. The molecule has 0 bridgehead atoms. The highest BCUT2D eigenvalue weighted by molar-refractivity contribution is 6.31. The van der Waals surface area contributed by atoms with E-state index in [1.54, 1.807) is 37.3 Å². The molecule has 0 amide bonds. The van der Waals surface area contributed by atoms with E-state index in [1.165, 1.54) is 0 Å². The standard InChI is InChI=1S/C17H10ClF3N4O/c1-9-11(16-22-7-6-14(17(19,20)21)25(16)24-9)3-5-15-23-12-8-10(18)2-4-13(12)26-15/h2-8H,1H3. The van der Waals surface area contributed by atoms with Crippen molar-refractivity contribution in [1.82, 2.24) is 19.6 Å². The molecule has 9 heteroatoms. The van der Waals surface area contributed by atoms with E-state index in [-0.39, 0.29) is 5.65 Å². The number of alkyl halides is 3. The Labute approximate surface area is 149 Å². The number of halogens is 4. The number of rotatable bonds is 2. The molecular formula is C17H10ClF3N4O. The van der Waals surface area contributed by atoms with Crippen LogP contribution in [0.2, 0.25) is 5.02 Å².